The maximum Gasteiger partial charge on any atom is 0.351 e. The van der Waals surface area contributed by atoms with Gasteiger partial charge in [-0.3, -0.25) is 19.0 Å². The number of Topliss-reactive ketones (excluding diaryl/α,β-unsaturated/α-hetero) is 2. The number of carbonyl (C=O) groups is 5. The Bertz CT molecular complexity index is 1390. The van der Waals surface area contributed by atoms with Crippen LogP contribution in [0.2, 0.25) is 0 Å². The van der Waals surface area contributed by atoms with Crippen molar-refractivity contribution in [2.75, 3.05) is 32.2 Å². The molecule has 0 spiro atoms. The fourth-order valence-corrected chi connectivity index (χ4v) is 4.31. The highest BCUT2D eigenvalue weighted by Gasteiger charge is 2.50. The molecule has 238 valence electrons. The van der Waals surface area contributed by atoms with Gasteiger partial charge in [0.2, 0.25) is 0 Å². The number of ketones is 2. The molecule has 1 aliphatic heterocycles. The van der Waals surface area contributed by atoms with E-state index in [1.54, 1.807) is 37.3 Å². The molecule has 2 heterocycles. The summed E-state index contributed by atoms with van der Waals surface area (Å²) in [6, 6.07) is 8.40. The van der Waals surface area contributed by atoms with Gasteiger partial charge in [0.05, 0.1) is 26.1 Å². The number of amides is 1. The van der Waals surface area contributed by atoms with Crippen LogP contribution in [0.3, 0.4) is 0 Å². The summed E-state index contributed by atoms with van der Waals surface area (Å²) in [7, 11) is 1.47. The molecule has 14 heteroatoms. The third-order valence-corrected chi connectivity index (χ3v) is 6.60. The summed E-state index contributed by atoms with van der Waals surface area (Å²) >= 11 is 0. The number of hydrogen-bond donors (Lipinski definition) is 1. The number of esters is 2. The van der Waals surface area contributed by atoms with E-state index in [9.17, 15) is 28.8 Å². The topological polar surface area (TPSA) is 178 Å². The summed E-state index contributed by atoms with van der Waals surface area (Å²) in [4.78, 5) is 77.6. The largest absolute Gasteiger partial charge is 0.463 e. The molecule has 4 atom stereocenters. The zero-order valence-corrected chi connectivity index (χ0v) is 25.1. The van der Waals surface area contributed by atoms with Crippen molar-refractivity contribution < 1.29 is 47.7 Å². The first kappa shape index (κ1) is 34.2. The van der Waals surface area contributed by atoms with E-state index in [2.05, 4.69) is 10.3 Å². The Morgan fingerprint density at radius 1 is 0.932 bits per heavy atom. The zero-order chi connectivity index (χ0) is 32.2. The highest BCUT2D eigenvalue weighted by molar-refractivity contribution is 6.04. The van der Waals surface area contributed by atoms with E-state index in [1.165, 1.54) is 27.2 Å². The second-order valence-electron chi connectivity index (χ2n) is 10.2. The van der Waals surface area contributed by atoms with Gasteiger partial charge in [-0.05, 0) is 32.9 Å². The van der Waals surface area contributed by atoms with Gasteiger partial charge in [-0.2, -0.15) is 4.98 Å². The molecular formula is C30H37N3O11. The van der Waals surface area contributed by atoms with Crippen LogP contribution in [-0.4, -0.2) is 84.2 Å². The monoisotopic (exact) mass is 615 g/mol. The first-order valence-corrected chi connectivity index (χ1v) is 14.1. The second-order valence-corrected chi connectivity index (χ2v) is 10.2. The van der Waals surface area contributed by atoms with E-state index in [-0.39, 0.29) is 62.9 Å². The molecule has 1 saturated heterocycles. The van der Waals surface area contributed by atoms with Crippen molar-refractivity contribution in [1.29, 1.82) is 0 Å². The summed E-state index contributed by atoms with van der Waals surface area (Å²) in [5.41, 5.74) is -0.00830. The molecule has 14 nitrogen and oxygen atoms in total. The van der Waals surface area contributed by atoms with Gasteiger partial charge in [-0.15, -0.1) is 0 Å². The summed E-state index contributed by atoms with van der Waals surface area (Å²) < 4.78 is 29.3. The van der Waals surface area contributed by atoms with Crippen molar-refractivity contribution in [3.8, 4) is 0 Å². The van der Waals surface area contributed by atoms with Crippen molar-refractivity contribution in [2.45, 2.75) is 71.0 Å². The molecule has 1 aromatic carbocycles. The van der Waals surface area contributed by atoms with E-state index in [1.807, 2.05) is 0 Å². The maximum absolute atomic E-state index is 13.3. The Morgan fingerprint density at radius 3 is 2.23 bits per heavy atom. The smallest absolute Gasteiger partial charge is 0.351 e. The van der Waals surface area contributed by atoms with Gasteiger partial charge in [0, 0.05) is 37.3 Å². The van der Waals surface area contributed by atoms with E-state index >= 15 is 0 Å². The Morgan fingerprint density at radius 2 is 1.59 bits per heavy atom. The van der Waals surface area contributed by atoms with Crippen molar-refractivity contribution in [1.82, 2.24) is 9.55 Å². The molecule has 1 aliphatic rings. The minimum Gasteiger partial charge on any atom is -0.463 e. The van der Waals surface area contributed by atoms with Gasteiger partial charge in [-0.1, -0.05) is 18.2 Å². The van der Waals surface area contributed by atoms with Crippen LogP contribution >= 0.6 is 0 Å². The molecule has 0 radical (unpaired) electrons. The van der Waals surface area contributed by atoms with Crippen LogP contribution in [0.4, 0.5) is 5.82 Å². The fraction of sp³-hybridized carbons (Fsp3) is 0.500. The van der Waals surface area contributed by atoms with Crippen LogP contribution in [0.5, 0.6) is 0 Å². The van der Waals surface area contributed by atoms with E-state index in [0.29, 0.717) is 11.1 Å². The summed E-state index contributed by atoms with van der Waals surface area (Å²) in [5, 5.41) is 2.63. The Kier molecular flexibility index (Phi) is 12.9. The Labute approximate surface area is 254 Å². The van der Waals surface area contributed by atoms with Crippen LogP contribution in [0, 0.1) is 6.92 Å². The lowest BCUT2D eigenvalue weighted by molar-refractivity contribution is -0.162. The quantitative estimate of drug-likeness (QED) is 0.215. The molecule has 1 N–H and O–H groups in total. The molecule has 1 fully saturated rings. The van der Waals surface area contributed by atoms with Gasteiger partial charge < -0.3 is 38.6 Å². The summed E-state index contributed by atoms with van der Waals surface area (Å²) in [6.07, 6.45) is -3.53. The molecule has 44 heavy (non-hydrogen) atoms. The highest BCUT2D eigenvalue weighted by atomic mass is 16.6. The van der Waals surface area contributed by atoms with Crippen molar-refractivity contribution in [2.24, 2.45) is 0 Å². The molecule has 0 aliphatic carbocycles. The molecule has 0 bridgehead atoms. The number of benzene rings is 1. The summed E-state index contributed by atoms with van der Waals surface area (Å²) in [6.45, 7) is 4.13. The second kappa shape index (κ2) is 16.5. The number of nitrogens with zero attached hydrogens (tertiary/aromatic N) is 2. The maximum atomic E-state index is 13.3. The number of hydrogen-bond acceptors (Lipinski definition) is 12. The van der Waals surface area contributed by atoms with Crippen LogP contribution in [0.25, 0.3) is 0 Å². The number of aryl methyl sites for hydroxylation is 1. The van der Waals surface area contributed by atoms with Crippen molar-refractivity contribution in [3.63, 3.8) is 0 Å². The lowest BCUT2D eigenvalue weighted by Crippen LogP contribution is -2.42. The zero-order valence-electron chi connectivity index (χ0n) is 25.1. The lowest BCUT2D eigenvalue weighted by Gasteiger charge is -2.25. The van der Waals surface area contributed by atoms with Gasteiger partial charge in [0.1, 0.15) is 36.2 Å². The van der Waals surface area contributed by atoms with Crippen LogP contribution in [0.1, 0.15) is 61.7 Å². The molecule has 1 aromatic heterocycles. The average molecular weight is 616 g/mol. The standard InChI is InChI=1S/C30H37N3O11/c1-18-16-33(30(39)32-27(18)31-28(38)21-8-6-5-7-9-21)29-26(41-15-14-40-4)25(44-24(37)13-11-20(3)35)22(43-29)17-42-23(36)12-10-19(2)34/h5-9,16,22,25-26,29H,10-15,17H2,1-4H3,(H,31,32,38,39)/t22-,25-,26-,29-/m1/s1. The molecular weight excluding hydrogens is 578 g/mol. The predicted molar refractivity (Wildman–Crippen MR) is 154 cm³/mol. The van der Waals surface area contributed by atoms with Gasteiger partial charge >= 0.3 is 17.6 Å². The Hall–Kier alpha value is -4.27. The number of carbonyl (C=O) groups excluding carboxylic acids is 5. The van der Waals surface area contributed by atoms with E-state index in [4.69, 9.17) is 23.7 Å². The molecule has 2 aromatic rings. The lowest BCUT2D eigenvalue weighted by atomic mass is 10.1. The van der Waals surface area contributed by atoms with Gasteiger partial charge in [0.15, 0.2) is 12.3 Å². The van der Waals surface area contributed by atoms with E-state index < -0.39 is 48.1 Å². The Balaban J connectivity index is 1.91. The fourth-order valence-electron chi connectivity index (χ4n) is 4.31. The van der Waals surface area contributed by atoms with Crippen molar-refractivity contribution >= 4 is 35.2 Å². The first-order chi connectivity index (χ1) is 21.0. The number of anilines is 1. The number of methoxy groups -OCH3 is 1. The molecule has 0 saturated carbocycles. The minimum atomic E-state index is -1.20. The van der Waals surface area contributed by atoms with E-state index in [0.717, 1.165) is 4.57 Å². The molecule has 0 unspecified atom stereocenters. The van der Waals surface area contributed by atoms with Crippen molar-refractivity contribution in [3.05, 3.63) is 58.1 Å². The normalized spacial score (nSPS) is 19.3. The number of ether oxygens (including phenoxy) is 5. The molecule has 1 amide bonds. The predicted octanol–water partition coefficient (Wildman–Crippen LogP) is 1.93. The highest BCUT2D eigenvalue weighted by Crippen LogP contribution is 2.34. The average Bonchev–Trinajstić information content (AvgIpc) is 3.32. The van der Waals surface area contributed by atoms with Crippen LogP contribution in [0.15, 0.2) is 41.3 Å². The molecule has 3 rings (SSSR count). The van der Waals surface area contributed by atoms with Crippen LogP contribution in [-0.2, 0) is 42.9 Å². The third kappa shape index (κ3) is 9.89. The number of rotatable bonds is 16. The van der Waals surface area contributed by atoms with Gasteiger partial charge in [0.25, 0.3) is 5.91 Å². The minimum absolute atomic E-state index is 0.00725. The third-order valence-electron chi connectivity index (χ3n) is 6.60. The SMILES string of the molecule is COCCO[C@@H]1[C@H](OC(=O)CCC(C)=O)[C@@H](COC(=O)CCC(C)=O)O[C@H]1n1cc(C)c(NC(=O)c2ccccc2)nc1=O. The number of nitrogens with one attached hydrogen (secondary N) is 1. The number of aromatic nitrogens is 2. The van der Waals surface area contributed by atoms with Gasteiger partial charge in [-0.25, -0.2) is 4.79 Å². The first-order valence-electron chi connectivity index (χ1n) is 14.1. The van der Waals surface area contributed by atoms with Crippen LogP contribution < -0.4 is 11.0 Å². The summed E-state index contributed by atoms with van der Waals surface area (Å²) in [5.74, 6) is -2.20.